The maximum absolute atomic E-state index is 13.5. The monoisotopic (exact) mass is 441 g/mol. The molecule has 0 aromatic carbocycles. The second-order valence-electron chi connectivity index (χ2n) is 9.40. The Bertz CT molecular complexity index is 976. The number of nitrogens with two attached hydrogens (primary N) is 1. The van der Waals surface area contributed by atoms with Crippen LogP contribution in [0.15, 0.2) is 6.07 Å². The van der Waals surface area contributed by atoms with Gasteiger partial charge in [-0.15, -0.1) is 11.3 Å². The van der Waals surface area contributed by atoms with Gasteiger partial charge in [0.15, 0.2) is 0 Å². The SMILES string of the molecule is COc1nc(C)cc(C)c1CN1CCc2sc(C(C)[C@H]3CC[C@H](N)CC3)c(C)c2C1=O. The lowest BCUT2D eigenvalue weighted by Crippen LogP contribution is -2.37. The minimum Gasteiger partial charge on any atom is -0.481 e. The summed E-state index contributed by atoms with van der Waals surface area (Å²) < 4.78 is 5.53. The molecule has 1 saturated carbocycles. The van der Waals surface area contributed by atoms with Crippen LogP contribution in [0.25, 0.3) is 0 Å². The lowest BCUT2D eigenvalue weighted by Gasteiger charge is -2.30. The van der Waals surface area contributed by atoms with Crippen molar-refractivity contribution in [3.05, 3.63) is 43.8 Å². The normalized spacial score (nSPS) is 22.4. The molecular weight excluding hydrogens is 406 g/mol. The van der Waals surface area contributed by atoms with Gasteiger partial charge in [0.1, 0.15) is 0 Å². The third-order valence-corrected chi connectivity index (χ3v) is 8.84. The molecule has 1 amide bonds. The Hall–Kier alpha value is -1.92. The molecule has 2 aromatic heterocycles. The van der Waals surface area contributed by atoms with Crippen molar-refractivity contribution in [1.29, 1.82) is 0 Å². The topological polar surface area (TPSA) is 68.4 Å². The molecule has 4 rings (SSSR count). The summed E-state index contributed by atoms with van der Waals surface area (Å²) in [6, 6.07) is 2.43. The fourth-order valence-corrected chi connectivity index (χ4v) is 6.80. The molecule has 2 aromatic rings. The number of carbonyl (C=O) groups is 1. The second-order valence-corrected chi connectivity index (χ2v) is 10.5. The molecule has 3 heterocycles. The van der Waals surface area contributed by atoms with Crippen molar-refractivity contribution < 1.29 is 9.53 Å². The zero-order chi connectivity index (χ0) is 22.3. The number of rotatable bonds is 5. The lowest BCUT2D eigenvalue weighted by atomic mass is 9.78. The fourth-order valence-electron chi connectivity index (χ4n) is 5.37. The van der Waals surface area contributed by atoms with Gasteiger partial charge in [-0.25, -0.2) is 4.98 Å². The van der Waals surface area contributed by atoms with E-state index in [1.165, 1.54) is 28.2 Å². The molecule has 1 aliphatic heterocycles. The number of hydrogen-bond donors (Lipinski definition) is 1. The van der Waals surface area contributed by atoms with Gasteiger partial charge in [-0.3, -0.25) is 4.79 Å². The van der Waals surface area contributed by atoms with Crippen molar-refractivity contribution in [2.45, 2.75) is 78.3 Å². The summed E-state index contributed by atoms with van der Waals surface area (Å²) in [7, 11) is 1.65. The summed E-state index contributed by atoms with van der Waals surface area (Å²) in [5.41, 5.74) is 11.3. The van der Waals surface area contributed by atoms with Crippen LogP contribution in [0.1, 0.15) is 81.0 Å². The number of hydrogen-bond acceptors (Lipinski definition) is 5. The summed E-state index contributed by atoms with van der Waals surface area (Å²) in [6.45, 7) is 9.82. The van der Waals surface area contributed by atoms with Gasteiger partial charge < -0.3 is 15.4 Å². The second kappa shape index (κ2) is 8.91. The molecule has 2 aliphatic rings. The Balaban J connectivity index is 1.57. The van der Waals surface area contributed by atoms with Crippen LogP contribution in [0.3, 0.4) is 0 Å². The summed E-state index contributed by atoms with van der Waals surface area (Å²) in [4.78, 5) is 22.7. The zero-order valence-electron chi connectivity index (χ0n) is 19.5. The Morgan fingerprint density at radius 1 is 1.26 bits per heavy atom. The van der Waals surface area contributed by atoms with Crippen molar-refractivity contribution in [1.82, 2.24) is 9.88 Å². The van der Waals surface area contributed by atoms with E-state index in [1.54, 1.807) is 7.11 Å². The first-order valence-corrected chi connectivity index (χ1v) is 12.3. The highest BCUT2D eigenvalue weighted by Gasteiger charge is 2.34. The summed E-state index contributed by atoms with van der Waals surface area (Å²) in [6.07, 6.45) is 5.57. The first kappa shape index (κ1) is 22.3. The molecule has 0 radical (unpaired) electrons. The van der Waals surface area contributed by atoms with Crippen molar-refractivity contribution in [3.63, 3.8) is 0 Å². The van der Waals surface area contributed by atoms with Crippen molar-refractivity contribution in [3.8, 4) is 5.88 Å². The smallest absolute Gasteiger partial charge is 0.255 e. The minimum atomic E-state index is 0.154. The molecule has 5 nitrogen and oxygen atoms in total. The lowest BCUT2D eigenvalue weighted by molar-refractivity contribution is 0.0726. The maximum Gasteiger partial charge on any atom is 0.255 e. The minimum absolute atomic E-state index is 0.154. The van der Waals surface area contributed by atoms with Crippen LogP contribution in [0.2, 0.25) is 0 Å². The molecule has 1 fully saturated rings. The van der Waals surface area contributed by atoms with Crippen LogP contribution < -0.4 is 10.5 Å². The Morgan fingerprint density at radius 3 is 2.65 bits per heavy atom. The number of aromatic nitrogens is 1. The van der Waals surface area contributed by atoms with Crippen LogP contribution >= 0.6 is 11.3 Å². The molecule has 1 aliphatic carbocycles. The number of fused-ring (bicyclic) bond motifs is 1. The van der Waals surface area contributed by atoms with Gasteiger partial charge in [-0.05, 0) is 75.5 Å². The Labute approximate surface area is 190 Å². The van der Waals surface area contributed by atoms with Crippen LogP contribution in [-0.4, -0.2) is 35.5 Å². The molecular formula is C25H35N3O2S. The highest BCUT2D eigenvalue weighted by atomic mass is 32.1. The number of aryl methyl sites for hydroxylation is 2. The van der Waals surface area contributed by atoms with Crippen LogP contribution in [0.4, 0.5) is 0 Å². The molecule has 168 valence electrons. The van der Waals surface area contributed by atoms with Gasteiger partial charge in [0.2, 0.25) is 5.88 Å². The van der Waals surface area contributed by atoms with Crippen LogP contribution in [0, 0.1) is 26.7 Å². The molecule has 0 spiro atoms. The van der Waals surface area contributed by atoms with E-state index in [0.29, 0.717) is 30.3 Å². The Kier molecular flexibility index (Phi) is 6.40. The number of thiophene rings is 1. The number of amides is 1. The van der Waals surface area contributed by atoms with E-state index in [4.69, 9.17) is 10.5 Å². The molecule has 1 atom stereocenters. The molecule has 1 unspecified atom stereocenters. The predicted molar refractivity (Wildman–Crippen MR) is 126 cm³/mol. The van der Waals surface area contributed by atoms with E-state index >= 15 is 0 Å². The number of nitrogens with zero attached hydrogens (tertiary/aromatic N) is 2. The molecule has 2 N–H and O–H groups in total. The standard InChI is InChI=1S/C25H35N3O2S/c1-14-12-15(2)27-24(30-5)20(14)13-28-11-10-21-22(25(28)29)17(4)23(31-21)16(3)18-6-8-19(26)9-7-18/h12,16,18-19H,6-11,13,26H2,1-5H3/t16?,18-,19-. The maximum atomic E-state index is 13.5. The number of carbonyl (C=O) groups excluding carboxylic acids is 1. The van der Waals surface area contributed by atoms with Gasteiger partial charge >= 0.3 is 0 Å². The van der Waals surface area contributed by atoms with Gasteiger partial charge in [-0.1, -0.05) is 6.92 Å². The number of pyridine rings is 1. The van der Waals surface area contributed by atoms with Crippen molar-refractivity contribution in [2.24, 2.45) is 11.7 Å². The largest absolute Gasteiger partial charge is 0.481 e. The quantitative estimate of drug-likeness (QED) is 0.717. The molecule has 31 heavy (non-hydrogen) atoms. The summed E-state index contributed by atoms with van der Waals surface area (Å²) in [5.74, 6) is 1.95. The highest BCUT2D eigenvalue weighted by molar-refractivity contribution is 7.12. The average Bonchev–Trinajstić information content (AvgIpc) is 3.08. The van der Waals surface area contributed by atoms with Crippen LogP contribution in [-0.2, 0) is 13.0 Å². The predicted octanol–water partition coefficient (Wildman–Crippen LogP) is 4.90. The van der Waals surface area contributed by atoms with E-state index in [1.807, 2.05) is 23.2 Å². The molecule has 0 saturated heterocycles. The van der Waals surface area contributed by atoms with Gasteiger partial charge in [0, 0.05) is 40.0 Å². The fraction of sp³-hybridized carbons (Fsp3) is 0.600. The van der Waals surface area contributed by atoms with Crippen molar-refractivity contribution >= 4 is 17.2 Å². The number of ether oxygens (including phenoxy) is 1. The highest BCUT2D eigenvalue weighted by Crippen LogP contribution is 2.43. The third-order valence-electron chi connectivity index (χ3n) is 7.28. The van der Waals surface area contributed by atoms with E-state index in [-0.39, 0.29) is 5.91 Å². The Morgan fingerprint density at radius 2 is 1.97 bits per heavy atom. The van der Waals surface area contributed by atoms with E-state index in [0.717, 1.165) is 48.2 Å². The first-order valence-electron chi connectivity index (χ1n) is 11.5. The average molecular weight is 442 g/mol. The van der Waals surface area contributed by atoms with Gasteiger partial charge in [0.05, 0.1) is 19.2 Å². The third kappa shape index (κ3) is 4.24. The molecule has 0 bridgehead atoms. The van der Waals surface area contributed by atoms with E-state index < -0.39 is 0 Å². The van der Waals surface area contributed by atoms with Gasteiger partial charge in [-0.2, -0.15) is 0 Å². The first-order chi connectivity index (χ1) is 14.8. The summed E-state index contributed by atoms with van der Waals surface area (Å²) in [5, 5.41) is 0. The van der Waals surface area contributed by atoms with Crippen LogP contribution in [0.5, 0.6) is 5.88 Å². The number of methoxy groups -OCH3 is 1. The van der Waals surface area contributed by atoms with E-state index in [9.17, 15) is 4.79 Å². The summed E-state index contributed by atoms with van der Waals surface area (Å²) >= 11 is 1.87. The van der Waals surface area contributed by atoms with Crippen molar-refractivity contribution in [2.75, 3.05) is 13.7 Å². The zero-order valence-corrected chi connectivity index (χ0v) is 20.3. The van der Waals surface area contributed by atoms with Gasteiger partial charge in [0.25, 0.3) is 5.91 Å². The van der Waals surface area contributed by atoms with E-state index in [2.05, 4.69) is 31.8 Å². The molecule has 6 heteroatoms.